The van der Waals surface area contributed by atoms with Gasteiger partial charge in [-0.3, -0.25) is 4.98 Å². The van der Waals surface area contributed by atoms with Gasteiger partial charge >= 0.3 is 0 Å². The van der Waals surface area contributed by atoms with Gasteiger partial charge in [-0.25, -0.2) is 13.8 Å². The lowest BCUT2D eigenvalue weighted by Gasteiger charge is -2.09. The number of halogens is 2. The zero-order valence-electron chi connectivity index (χ0n) is 9.95. The fraction of sp³-hybridized carbons (Fsp3) is 0.231. The largest absolute Gasteiger partial charge is 0.368 e. The molecule has 1 aromatic carbocycles. The number of anilines is 1. The van der Waals surface area contributed by atoms with E-state index in [1.165, 1.54) is 12.3 Å². The van der Waals surface area contributed by atoms with Crippen molar-refractivity contribution in [3.63, 3.8) is 0 Å². The van der Waals surface area contributed by atoms with Crippen LogP contribution in [0, 0.1) is 11.6 Å². The Bertz CT molecular complexity index is 544. The van der Waals surface area contributed by atoms with Crippen molar-refractivity contribution in [1.29, 1.82) is 0 Å². The maximum atomic E-state index is 13.2. The Labute approximate surface area is 104 Å². The summed E-state index contributed by atoms with van der Waals surface area (Å²) < 4.78 is 26.1. The molecule has 0 saturated heterocycles. The quantitative estimate of drug-likeness (QED) is 0.903. The van der Waals surface area contributed by atoms with Crippen LogP contribution in [0.25, 0.3) is 11.3 Å². The van der Waals surface area contributed by atoms with Crippen LogP contribution in [0.3, 0.4) is 0 Å². The number of nitrogens with one attached hydrogen (secondary N) is 1. The summed E-state index contributed by atoms with van der Waals surface area (Å²) in [5.41, 5.74) is 1.02. The summed E-state index contributed by atoms with van der Waals surface area (Å²) in [6.07, 6.45) is 4.02. The molecule has 2 rings (SSSR count). The van der Waals surface area contributed by atoms with Gasteiger partial charge in [0, 0.05) is 24.5 Å². The Balaban J connectivity index is 2.39. The topological polar surface area (TPSA) is 37.8 Å². The van der Waals surface area contributed by atoms with Crippen LogP contribution in [0.1, 0.15) is 13.3 Å². The second kappa shape index (κ2) is 5.53. The van der Waals surface area contributed by atoms with Gasteiger partial charge in [-0.1, -0.05) is 6.92 Å². The van der Waals surface area contributed by atoms with Gasteiger partial charge in [-0.15, -0.1) is 0 Å². The molecule has 0 aliphatic carbocycles. The number of hydrogen-bond donors (Lipinski definition) is 1. The highest BCUT2D eigenvalue weighted by Gasteiger charge is 2.10. The number of nitrogens with zero attached hydrogens (tertiary/aromatic N) is 2. The summed E-state index contributed by atoms with van der Waals surface area (Å²) in [7, 11) is 0. The molecule has 0 spiro atoms. The van der Waals surface area contributed by atoms with E-state index in [0.717, 1.165) is 25.1 Å². The lowest BCUT2D eigenvalue weighted by Crippen LogP contribution is -2.04. The lowest BCUT2D eigenvalue weighted by molar-refractivity contribution is 0.509. The first-order valence-corrected chi connectivity index (χ1v) is 5.72. The molecule has 0 saturated carbocycles. The maximum Gasteiger partial charge on any atom is 0.159 e. The van der Waals surface area contributed by atoms with Gasteiger partial charge in [-0.2, -0.15) is 0 Å². The normalized spacial score (nSPS) is 10.4. The van der Waals surface area contributed by atoms with Crippen LogP contribution in [0.2, 0.25) is 0 Å². The van der Waals surface area contributed by atoms with E-state index in [0.29, 0.717) is 17.1 Å². The monoisotopic (exact) mass is 249 g/mol. The van der Waals surface area contributed by atoms with Crippen molar-refractivity contribution in [2.45, 2.75) is 13.3 Å². The molecule has 0 bridgehead atoms. The third-order valence-electron chi connectivity index (χ3n) is 2.43. The minimum Gasteiger partial charge on any atom is -0.368 e. The van der Waals surface area contributed by atoms with Gasteiger partial charge in [0.15, 0.2) is 17.5 Å². The van der Waals surface area contributed by atoms with E-state index >= 15 is 0 Å². The Hall–Kier alpha value is -2.04. The minimum absolute atomic E-state index is 0.501. The number of aromatic nitrogens is 2. The summed E-state index contributed by atoms with van der Waals surface area (Å²) in [5.74, 6) is -1.18. The third kappa shape index (κ3) is 2.61. The molecule has 18 heavy (non-hydrogen) atoms. The number of benzene rings is 1. The van der Waals surface area contributed by atoms with Crippen LogP contribution in [0.4, 0.5) is 14.6 Å². The molecule has 0 radical (unpaired) electrons. The predicted octanol–water partition coefficient (Wildman–Crippen LogP) is 3.24. The van der Waals surface area contributed by atoms with E-state index in [1.807, 2.05) is 6.92 Å². The van der Waals surface area contributed by atoms with Crippen molar-refractivity contribution in [3.8, 4) is 11.3 Å². The van der Waals surface area contributed by atoms with Crippen molar-refractivity contribution in [2.24, 2.45) is 0 Å². The molecular formula is C13H13F2N3. The van der Waals surface area contributed by atoms with Gasteiger partial charge < -0.3 is 5.32 Å². The minimum atomic E-state index is -0.889. The average Bonchev–Trinajstić information content (AvgIpc) is 2.40. The van der Waals surface area contributed by atoms with Crippen LogP contribution in [-0.4, -0.2) is 16.5 Å². The predicted molar refractivity (Wildman–Crippen MR) is 66.2 cm³/mol. The zero-order chi connectivity index (χ0) is 13.0. The first-order valence-electron chi connectivity index (χ1n) is 5.72. The SMILES string of the molecule is CCCNc1nccnc1-c1ccc(F)c(F)c1. The number of rotatable bonds is 4. The molecule has 94 valence electrons. The molecule has 0 aliphatic rings. The smallest absolute Gasteiger partial charge is 0.159 e. The molecular weight excluding hydrogens is 236 g/mol. The highest BCUT2D eigenvalue weighted by atomic mass is 19.2. The standard InChI is InChI=1S/C13H13F2N3/c1-2-5-17-13-12(16-6-7-18-13)9-3-4-10(14)11(15)8-9/h3-4,6-8H,2,5H2,1H3,(H,17,18). The van der Waals surface area contributed by atoms with Crippen LogP contribution < -0.4 is 5.32 Å². The second-order valence-corrected chi connectivity index (χ2v) is 3.81. The first kappa shape index (κ1) is 12.4. The van der Waals surface area contributed by atoms with E-state index in [2.05, 4.69) is 15.3 Å². The fourth-order valence-corrected chi connectivity index (χ4v) is 1.57. The molecule has 0 amide bonds. The van der Waals surface area contributed by atoms with E-state index in [-0.39, 0.29) is 0 Å². The van der Waals surface area contributed by atoms with Crippen LogP contribution in [0.5, 0.6) is 0 Å². The fourth-order valence-electron chi connectivity index (χ4n) is 1.57. The molecule has 0 fully saturated rings. The van der Waals surface area contributed by atoms with Gasteiger partial charge in [0.2, 0.25) is 0 Å². The lowest BCUT2D eigenvalue weighted by atomic mass is 10.1. The van der Waals surface area contributed by atoms with Crippen molar-refractivity contribution in [2.75, 3.05) is 11.9 Å². The molecule has 5 heteroatoms. The zero-order valence-corrected chi connectivity index (χ0v) is 9.95. The summed E-state index contributed by atoms with van der Waals surface area (Å²) in [4.78, 5) is 8.31. The average molecular weight is 249 g/mol. The third-order valence-corrected chi connectivity index (χ3v) is 2.43. The summed E-state index contributed by atoms with van der Waals surface area (Å²) in [6.45, 7) is 2.77. The Morgan fingerprint density at radius 1 is 1.11 bits per heavy atom. The number of hydrogen-bond acceptors (Lipinski definition) is 3. The van der Waals surface area contributed by atoms with Gasteiger partial charge in [0.05, 0.1) is 0 Å². The molecule has 1 N–H and O–H groups in total. The molecule has 0 aliphatic heterocycles. The van der Waals surface area contributed by atoms with Crippen molar-refractivity contribution < 1.29 is 8.78 Å². The van der Waals surface area contributed by atoms with Gasteiger partial charge in [0.1, 0.15) is 5.69 Å². The van der Waals surface area contributed by atoms with E-state index in [1.54, 1.807) is 6.20 Å². The molecule has 2 aromatic rings. The first-order chi connectivity index (χ1) is 8.72. The summed E-state index contributed by atoms with van der Waals surface area (Å²) in [6, 6.07) is 3.69. The van der Waals surface area contributed by atoms with Crippen molar-refractivity contribution >= 4 is 5.82 Å². The molecule has 1 heterocycles. The van der Waals surface area contributed by atoms with Crippen LogP contribution in [0.15, 0.2) is 30.6 Å². The summed E-state index contributed by atoms with van der Waals surface area (Å²) in [5, 5.41) is 3.11. The van der Waals surface area contributed by atoms with Crippen LogP contribution in [-0.2, 0) is 0 Å². The Morgan fingerprint density at radius 2 is 1.89 bits per heavy atom. The maximum absolute atomic E-state index is 13.2. The molecule has 1 aromatic heterocycles. The Morgan fingerprint density at radius 3 is 2.61 bits per heavy atom. The molecule has 3 nitrogen and oxygen atoms in total. The molecule has 0 unspecified atom stereocenters. The van der Waals surface area contributed by atoms with E-state index < -0.39 is 11.6 Å². The van der Waals surface area contributed by atoms with E-state index in [9.17, 15) is 8.78 Å². The van der Waals surface area contributed by atoms with Gasteiger partial charge in [-0.05, 0) is 24.6 Å². The highest BCUT2D eigenvalue weighted by molar-refractivity contribution is 5.70. The van der Waals surface area contributed by atoms with E-state index in [4.69, 9.17) is 0 Å². The summed E-state index contributed by atoms with van der Waals surface area (Å²) >= 11 is 0. The van der Waals surface area contributed by atoms with Gasteiger partial charge in [0.25, 0.3) is 0 Å². The Kier molecular flexibility index (Phi) is 3.82. The van der Waals surface area contributed by atoms with Crippen LogP contribution >= 0.6 is 0 Å². The highest BCUT2D eigenvalue weighted by Crippen LogP contribution is 2.24. The molecule has 0 atom stereocenters. The van der Waals surface area contributed by atoms with Crippen molar-refractivity contribution in [1.82, 2.24) is 9.97 Å². The second-order valence-electron chi connectivity index (χ2n) is 3.81. The van der Waals surface area contributed by atoms with Crippen molar-refractivity contribution in [3.05, 3.63) is 42.2 Å².